The maximum Gasteiger partial charge on any atom is 0.325 e. The van der Waals surface area contributed by atoms with Gasteiger partial charge in [0.2, 0.25) is 5.91 Å². The highest BCUT2D eigenvalue weighted by Gasteiger charge is 2.23. The van der Waals surface area contributed by atoms with Gasteiger partial charge in [-0.2, -0.15) is 5.10 Å². The first kappa shape index (κ1) is 20.6. The van der Waals surface area contributed by atoms with Gasteiger partial charge in [0.15, 0.2) is 0 Å². The summed E-state index contributed by atoms with van der Waals surface area (Å²) in [6.45, 7) is 0.952. The van der Waals surface area contributed by atoms with Crippen LogP contribution in [0.2, 0.25) is 0 Å². The average molecular weight is 415 g/mol. The molecule has 0 radical (unpaired) electrons. The first-order valence-corrected chi connectivity index (χ1v) is 10.5. The number of benzene rings is 2. The molecule has 4 rings (SSSR count). The van der Waals surface area contributed by atoms with Crippen LogP contribution in [0.25, 0.3) is 17.3 Å². The molecular formula is C25H25N3O3. The Morgan fingerprint density at radius 2 is 1.77 bits per heavy atom. The van der Waals surface area contributed by atoms with Gasteiger partial charge in [0.05, 0.1) is 18.8 Å². The van der Waals surface area contributed by atoms with Crippen LogP contribution in [-0.2, 0) is 20.9 Å². The molecule has 1 heterocycles. The second kappa shape index (κ2) is 9.89. The van der Waals surface area contributed by atoms with E-state index < -0.39 is 5.97 Å². The molecule has 0 unspecified atom stereocenters. The lowest BCUT2D eigenvalue weighted by Gasteiger charge is -2.03. The van der Waals surface area contributed by atoms with Crippen molar-refractivity contribution in [2.75, 3.05) is 13.2 Å². The van der Waals surface area contributed by atoms with Crippen molar-refractivity contribution in [3.63, 3.8) is 0 Å². The van der Waals surface area contributed by atoms with Crippen molar-refractivity contribution in [1.29, 1.82) is 0 Å². The van der Waals surface area contributed by atoms with Crippen LogP contribution in [0.15, 0.2) is 72.9 Å². The van der Waals surface area contributed by atoms with Crippen molar-refractivity contribution in [2.45, 2.75) is 19.4 Å². The van der Waals surface area contributed by atoms with Crippen LogP contribution in [0.4, 0.5) is 0 Å². The number of nitrogens with zero attached hydrogens (tertiary/aromatic N) is 2. The molecule has 1 aliphatic rings. The Balaban J connectivity index is 1.43. The zero-order valence-corrected chi connectivity index (χ0v) is 17.2. The Labute approximate surface area is 181 Å². The summed E-state index contributed by atoms with van der Waals surface area (Å²) in [4.78, 5) is 23.9. The lowest BCUT2D eigenvalue weighted by Crippen LogP contribution is -2.29. The van der Waals surface area contributed by atoms with Crippen LogP contribution in [0, 0.1) is 5.92 Å². The number of aromatic nitrogens is 2. The Hall–Kier alpha value is -3.67. The molecule has 3 aromatic rings. The standard InChI is InChI=1S/C25H25N3O3/c29-23(26-15-24(30)31-18-20-11-12-20)14-13-22-17-28(16-19-7-3-1-4-8-19)27-25(22)21-9-5-2-6-10-21/h1-10,13-14,17,20H,11-12,15-16,18H2,(H,26,29)/b14-13+. The summed E-state index contributed by atoms with van der Waals surface area (Å²) >= 11 is 0. The van der Waals surface area contributed by atoms with E-state index in [1.165, 1.54) is 6.08 Å². The van der Waals surface area contributed by atoms with E-state index in [4.69, 9.17) is 9.84 Å². The number of amides is 1. The van der Waals surface area contributed by atoms with Gasteiger partial charge < -0.3 is 10.1 Å². The summed E-state index contributed by atoms with van der Waals surface area (Å²) in [7, 11) is 0. The van der Waals surface area contributed by atoms with E-state index in [-0.39, 0.29) is 12.5 Å². The molecule has 1 aliphatic carbocycles. The number of hydrogen-bond donors (Lipinski definition) is 1. The summed E-state index contributed by atoms with van der Waals surface area (Å²) in [5.41, 5.74) is 3.73. The molecular weight excluding hydrogens is 390 g/mol. The van der Waals surface area contributed by atoms with Crippen LogP contribution in [-0.4, -0.2) is 34.8 Å². The van der Waals surface area contributed by atoms with E-state index in [0.29, 0.717) is 19.1 Å². The van der Waals surface area contributed by atoms with Crippen LogP contribution in [0.1, 0.15) is 24.0 Å². The Bertz CT molecular complexity index is 1050. The molecule has 1 fully saturated rings. The third-order valence-corrected chi connectivity index (χ3v) is 5.02. The highest BCUT2D eigenvalue weighted by molar-refractivity contribution is 5.94. The fourth-order valence-corrected chi connectivity index (χ4v) is 3.16. The van der Waals surface area contributed by atoms with E-state index in [1.54, 1.807) is 6.08 Å². The molecule has 6 heteroatoms. The molecule has 1 aromatic heterocycles. The summed E-state index contributed by atoms with van der Waals surface area (Å²) < 4.78 is 6.99. The minimum absolute atomic E-state index is 0.130. The van der Waals surface area contributed by atoms with Gasteiger partial charge in [-0.05, 0) is 30.4 Å². The monoisotopic (exact) mass is 415 g/mol. The van der Waals surface area contributed by atoms with Gasteiger partial charge in [0, 0.05) is 23.4 Å². The predicted molar refractivity (Wildman–Crippen MR) is 119 cm³/mol. The number of ether oxygens (including phenoxy) is 1. The van der Waals surface area contributed by atoms with Gasteiger partial charge in [0.1, 0.15) is 6.54 Å². The van der Waals surface area contributed by atoms with Gasteiger partial charge in [-0.15, -0.1) is 0 Å². The van der Waals surface area contributed by atoms with Crippen molar-refractivity contribution in [1.82, 2.24) is 15.1 Å². The topological polar surface area (TPSA) is 73.2 Å². The zero-order chi connectivity index (χ0) is 21.5. The third kappa shape index (κ3) is 6.15. The number of carbonyl (C=O) groups is 2. The Morgan fingerprint density at radius 3 is 2.48 bits per heavy atom. The van der Waals surface area contributed by atoms with Crippen molar-refractivity contribution in [3.8, 4) is 11.3 Å². The van der Waals surface area contributed by atoms with Crippen LogP contribution in [0.5, 0.6) is 0 Å². The van der Waals surface area contributed by atoms with E-state index in [2.05, 4.69) is 17.4 Å². The van der Waals surface area contributed by atoms with Crippen LogP contribution < -0.4 is 5.32 Å². The predicted octanol–water partition coefficient (Wildman–Crippen LogP) is 3.68. The fourth-order valence-electron chi connectivity index (χ4n) is 3.16. The SMILES string of the molecule is O=C(/C=C/c1cn(Cc2ccccc2)nc1-c1ccccc1)NCC(=O)OCC1CC1. The van der Waals surface area contributed by atoms with Crippen molar-refractivity contribution in [2.24, 2.45) is 5.92 Å². The van der Waals surface area contributed by atoms with Crippen molar-refractivity contribution >= 4 is 18.0 Å². The van der Waals surface area contributed by atoms with Crippen molar-refractivity contribution in [3.05, 3.63) is 84.1 Å². The molecule has 0 aliphatic heterocycles. The van der Waals surface area contributed by atoms with E-state index in [9.17, 15) is 9.59 Å². The Kier molecular flexibility index (Phi) is 6.57. The molecule has 0 spiro atoms. The van der Waals surface area contributed by atoms with Gasteiger partial charge in [-0.25, -0.2) is 0 Å². The van der Waals surface area contributed by atoms with E-state index in [1.807, 2.05) is 59.4 Å². The second-order valence-electron chi connectivity index (χ2n) is 7.66. The molecule has 0 saturated heterocycles. The number of rotatable bonds is 9. The second-order valence-corrected chi connectivity index (χ2v) is 7.66. The number of carbonyl (C=O) groups excluding carboxylic acids is 2. The van der Waals surface area contributed by atoms with Gasteiger partial charge in [-0.1, -0.05) is 60.7 Å². The van der Waals surface area contributed by atoms with Gasteiger partial charge >= 0.3 is 5.97 Å². The zero-order valence-electron chi connectivity index (χ0n) is 17.2. The maximum atomic E-state index is 12.2. The van der Waals surface area contributed by atoms with Gasteiger partial charge in [-0.3, -0.25) is 14.3 Å². The molecule has 1 amide bonds. The summed E-state index contributed by atoms with van der Waals surface area (Å²) in [5.74, 6) is -0.254. The van der Waals surface area contributed by atoms with Crippen LogP contribution in [0.3, 0.4) is 0 Å². The fraction of sp³-hybridized carbons (Fsp3) is 0.240. The summed E-state index contributed by atoms with van der Waals surface area (Å²) in [5, 5.41) is 7.31. The number of nitrogens with one attached hydrogen (secondary N) is 1. The normalized spacial score (nSPS) is 13.3. The molecule has 0 atom stereocenters. The molecule has 2 aromatic carbocycles. The number of hydrogen-bond acceptors (Lipinski definition) is 4. The smallest absolute Gasteiger partial charge is 0.325 e. The van der Waals surface area contributed by atoms with Crippen molar-refractivity contribution < 1.29 is 14.3 Å². The number of esters is 1. The molecule has 158 valence electrons. The average Bonchev–Trinajstić information content (AvgIpc) is 3.55. The first-order valence-electron chi connectivity index (χ1n) is 10.5. The molecule has 6 nitrogen and oxygen atoms in total. The Morgan fingerprint density at radius 1 is 1.06 bits per heavy atom. The van der Waals surface area contributed by atoms with E-state index >= 15 is 0 Å². The highest BCUT2D eigenvalue weighted by Crippen LogP contribution is 2.28. The van der Waals surface area contributed by atoms with Crippen LogP contribution >= 0.6 is 0 Å². The lowest BCUT2D eigenvalue weighted by atomic mass is 10.1. The molecule has 1 N–H and O–H groups in total. The minimum Gasteiger partial charge on any atom is -0.464 e. The third-order valence-electron chi connectivity index (χ3n) is 5.02. The maximum absolute atomic E-state index is 12.2. The molecule has 31 heavy (non-hydrogen) atoms. The van der Waals surface area contributed by atoms with Gasteiger partial charge in [0.25, 0.3) is 0 Å². The van der Waals surface area contributed by atoms with E-state index in [0.717, 1.165) is 35.2 Å². The quantitative estimate of drug-likeness (QED) is 0.427. The first-order chi connectivity index (χ1) is 15.2. The molecule has 1 saturated carbocycles. The minimum atomic E-state index is -0.408. The summed E-state index contributed by atoms with van der Waals surface area (Å²) in [6.07, 6.45) is 7.29. The molecule has 0 bridgehead atoms. The highest BCUT2D eigenvalue weighted by atomic mass is 16.5. The largest absolute Gasteiger partial charge is 0.464 e. The summed E-state index contributed by atoms with van der Waals surface area (Å²) in [6, 6.07) is 19.9. The lowest BCUT2D eigenvalue weighted by molar-refractivity contribution is -0.144.